The molecule has 3 N–H and O–H groups in total. The van der Waals surface area contributed by atoms with Crippen LogP contribution in [-0.4, -0.2) is 38.0 Å². The summed E-state index contributed by atoms with van der Waals surface area (Å²) < 4.78 is 34.3. The highest BCUT2D eigenvalue weighted by molar-refractivity contribution is 7.93. The highest BCUT2D eigenvalue weighted by Gasteiger charge is 2.42. The van der Waals surface area contributed by atoms with Gasteiger partial charge in [0, 0.05) is 12.0 Å². The van der Waals surface area contributed by atoms with Crippen molar-refractivity contribution in [3.05, 3.63) is 81.8 Å². The number of amides is 2. The maximum atomic E-state index is 13.8. The molecule has 2 atom stereocenters. The zero-order chi connectivity index (χ0) is 27.0. The fourth-order valence-corrected chi connectivity index (χ4v) is 6.62. The zero-order valence-corrected chi connectivity index (χ0v) is 22.2. The van der Waals surface area contributed by atoms with Crippen molar-refractivity contribution >= 4 is 56.4 Å². The number of rotatable bonds is 6. The van der Waals surface area contributed by atoms with E-state index in [1.807, 2.05) is 0 Å². The highest BCUT2D eigenvalue weighted by atomic mass is 35.5. The van der Waals surface area contributed by atoms with Crippen LogP contribution in [0.4, 0.5) is 11.4 Å². The van der Waals surface area contributed by atoms with E-state index in [-0.39, 0.29) is 27.2 Å². The Balaban J connectivity index is 1.46. The van der Waals surface area contributed by atoms with E-state index < -0.39 is 40.3 Å². The number of ether oxygens (including phenoxy) is 1. The van der Waals surface area contributed by atoms with Gasteiger partial charge < -0.3 is 20.5 Å². The summed E-state index contributed by atoms with van der Waals surface area (Å²) in [5.74, 6) is -0.591. The van der Waals surface area contributed by atoms with Gasteiger partial charge in [0.2, 0.25) is 11.8 Å². The number of nitrogens with zero attached hydrogens (tertiary/aromatic N) is 1. The molecule has 0 spiro atoms. The second-order valence-electron chi connectivity index (χ2n) is 8.89. The number of halogens is 2. The van der Waals surface area contributed by atoms with Crippen molar-refractivity contribution in [1.82, 2.24) is 5.32 Å². The molecule has 2 aliphatic heterocycles. The van der Waals surface area contributed by atoms with Crippen molar-refractivity contribution in [2.24, 2.45) is 0 Å². The number of aliphatic hydroxyl groups is 1. The minimum absolute atomic E-state index is 0.0410. The van der Waals surface area contributed by atoms with Gasteiger partial charge in [0.1, 0.15) is 11.8 Å². The standard InChI is InChI=1S/C26H23Cl2N3O6S/c27-18-8-6-16(12-19(18)28)38(35,36)31-22-4-2-1-3-21(22)30-26(34)23(31)13-25(33)29-20-9-10-37-24-11-15(14-32)5-7-17(20)24/h1-8,11-12,20,23,32H,9-10,13-14H2,(H,29,33)(H,30,34)/t20-,23-/m1/s1. The number of sulfonamides is 1. The molecular weight excluding hydrogens is 553 g/mol. The molecule has 38 heavy (non-hydrogen) atoms. The lowest BCUT2D eigenvalue weighted by molar-refractivity contribution is -0.125. The van der Waals surface area contributed by atoms with Gasteiger partial charge in [-0.15, -0.1) is 0 Å². The van der Waals surface area contributed by atoms with Gasteiger partial charge in [0.25, 0.3) is 10.0 Å². The lowest BCUT2D eigenvalue weighted by atomic mass is 9.98. The van der Waals surface area contributed by atoms with E-state index in [0.717, 1.165) is 9.87 Å². The maximum Gasteiger partial charge on any atom is 0.265 e. The third kappa shape index (κ3) is 4.92. The second-order valence-corrected chi connectivity index (χ2v) is 11.5. The van der Waals surface area contributed by atoms with E-state index in [1.54, 1.807) is 42.5 Å². The first-order valence-corrected chi connectivity index (χ1v) is 13.9. The zero-order valence-electron chi connectivity index (χ0n) is 19.9. The van der Waals surface area contributed by atoms with Gasteiger partial charge in [-0.1, -0.05) is 47.5 Å². The Labute approximate surface area is 229 Å². The van der Waals surface area contributed by atoms with Crippen LogP contribution >= 0.6 is 23.2 Å². The molecule has 3 aromatic rings. The first kappa shape index (κ1) is 26.3. The molecule has 0 aromatic heterocycles. The number of para-hydroxylation sites is 2. The van der Waals surface area contributed by atoms with Crippen LogP contribution in [0.3, 0.4) is 0 Å². The highest BCUT2D eigenvalue weighted by Crippen LogP contribution is 2.39. The normalized spacial score (nSPS) is 18.6. The molecule has 0 aliphatic carbocycles. The van der Waals surface area contributed by atoms with E-state index in [4.69, 9.17) is 27.9 Å². The third-order valence-electron chi connectivity index (χ3n) is 6.45. The average molecular weight is 576 g/mol. The summed E-state index contributed by atoms with van der Waals surface area (Å²) in [6.07, 6.45) is 0.0598. The van der Waals surface area contributed by atoms with Crippen LogP contribution in [0.15, 0.2) is 65.6 Å². The molecule has 2 heterocycles. The van der Waals surface area contributed by atoms with Gasteiger partial charge in [0.05, 0.1) is 52.0 Å². The van der Waals surface area contributed by atoms with Gasteiger partial charge >= 0.3 is 0 Å². The maximum absolute atomic E-state index is 13.8. The number of benzene rings is 3. The summed E-state index contributed by atoms with van der Waals surface area (Å²) >= 11 is 12.1. The van der Waals surface area contributed by atoms with E-state index in [9.17, 15) is 23.1 Å². The van der Waals surface area contributed by atoms with E-state index >= 15 is 0 Å². The van der Waals surface area contributed by atoms with Crippen LogP contribution in [0, 0.1) is 0 Å². The fraction of sp³-hybridized carbons (Fsp3) is 0.231. The number of hydrogen-bond donors (Lipinski definition) is 3. The SMILES string of the molecule is O=C(C[C@@H]1C(=O)Nc2ccccc2N1S(=O)(=O)c1ccc(Cl)c(Cl)c1)N[C@@H]1CCOc2cc(CO)ccc21. The molecule has 0 saturated carbocycles. The topological polar surface area (TPSA) is 125 Å². The van der Waals surface area contributed by atoms with Crippen LogP contribution in [0.5, 0.6) is 5.75 Å². The number of nitrogens with one attached hydrogen (secondary N) is 2. The van der Waals surface area contributed by atoms with Crippen molar-refractivity contribution in [3.63, 3.8) is 0 Å². The van der Waals surface area contributed by atoms with Crippen molar-refractivity contribution in [2.45, 2.75) is 36.4 Å². The minimum Gasteiger partial charge on any atom is -0.493 e. The summed E-state index contributed by atoms with van der Waals surface area (Å²) in [5, 5.41) is 15.2. The molecule has 9 nitrogen and oxygen atoms in total. The van der Waals surface area contributed by atoms with Crippen molar-refractivity contribution in [2.75, 3.05) is 16.2 Å². The number of carbonyl (C=O) groups excluding carboxylic acids is 2. The first-order chi connectivity index (χ1) is 18.2. The molecule has 2 amide bonds. The van der Waals surface area contributed by atoms with Gasteiger partial charge in [0.15, 0.2) is 0 Å². The summed E-state index contributed by atoms with van der Waals surface area (Å²) in [6.45, 7) is 0.205. The van der Waals surface area contributed by atoms with Crippen LogP contribution in [0.2, 0.25) is 10.0 Å². The number of fused-ring (bicyclic) bond motifs is 2. The smallest absolute Gasteiger partial charge is 0.265 e. The minimum atomic E-state index is -4.33. The Hall–Kier alpha value is -3.31. The number of aliphatic hydroxyl groups excluding tert-OH is 1. The van der Waals surface area contributed by atoms with Crippen LogP contribution in [0.1, 0.15) is 30.0 Å². The number of hydrogen-bond acceptors (Lipinski definition) is 6. The molecule has 3 aromatic carbocycles. The van der Waals surface area contributed by atoms with Crippen LogP contribution in [0.25, 0.3) is 0 Å². The van der Waals surface area contributed by atoms with E-state index in [1.165, 1.54) is 18.2 Å². The molecule has 0 saturated heterocycles. The van der Waals surface area contributed by atoms with Gasteiger partial charge in [-0.3, -0.25) is 13.9 Å². The van der Waals surface area contributed by atoms with E-state index in [2.05, 4.69) is 10.6 Å². The largest absolute Gasteiger partial charge is 0.493 e. The van der Waals surface area contributed by atoms with E-state index in [0.29, 0.717) is 30.0 Å². The summed E-state index contributed by atoms with van der Waals surface area (Å²) in [6, 6.07) is 13.8. The lowest BCUT2D eigenvalue weighted by Gasteiger charge is -2.37. The predicted molar refractivity (Wildman–Crippen MR) is 143 cm³/mol. The molecule has 0 unspecified atom stereocenters. The monoisotopic (exact) mass is 575 g/mol. The Morgan fingerprint density at radius 1 is 1.11 bits per heavy atom. The van der Waals surface area contributed by atoms with Crippen molar-refractivity contribution in [1.29, 1.82) is 0 Å². The number of anilines is 2. The van der Waals surface area contributed by atoms with Crippen LogP contribution in [-0.2, 0) is 26.2 Å². The average Bonchev–Trinajstić information content (AvgIpc) is 2.90. The Kier molecular flexibility index (Phi) is 7.23. The van der Waals surface area contributed by atoms with Crippen LogP contribution < -0.4 is 19.7 Å². The fourth-order valence-electron chi connectivity index (χ4n) is 4.60. The molecule has 2 aliphatic rings. The molecular formula is C26H23Cl2N3O6S. The molecule has 198 valence electrons. The molecule has 0 fully saturated rings. The Morgan fingerprint density at radius 3 is 2.66 bits per heavy atom. The van der Waals surface area contributed by atoms with Crippen molar-refractivity contribution < 1.29 is 27.9 Å². The third-order valence-corrected chi connectivity index (χ3v) is 9.00. The first-order valence-electron chi connectivity index (χ1n) is 11.7. The second kappa shape index (κ2) is 10.5. The molecule has 0 bridgehead atoms. The predicted octanol–water partition coefficient (Wildman–Crippen LogP) is 4.03. The van der Waals surface area contributed by atoms with Gasteiger partial charge in [-0.25, -0.2) is 8.42 Å². The summed E-state index contributed by atoms with van der Waals surface area (Å²) in [7, 11) is -4.33. The molecule has 0 radical (unpaired) electrons. The molecule has 5 rings (SSSR count). The summed E-state index contributed by atoms with van der Waals surface area (Å²) in [5.41, 5.74) is 1.94. The number of carbonyl (C=O) groups is 2. The Morgan fingerprint density at radius 2 is 1.89 bits per heavy atom. The lowest BCUT2D eigenvalue weighted by Crippen LogP contribution is -2.53. The van der Waals surface area contributed by atoms with Crippen molar-refractivity contribution in [3.8, 4) is 5.75 Å². The summed E-state index contributed by atoms with van der Waals surface area (Å²) in [4.78, 5) is 26.3. The molecule has 12 heteroatoms. The van der Waals surface area contributed by atoms with Gasteiger partial charge in [-0.05, 0) is 42.0 Å². The van der Waals surface area contributed by atoms with Gasteiger partial charge in [-0.2, -0.15) is 0 Å². The Bertz CT molecular complexity index is 1530. The quantitative estimate of drug-likeness (QED) is 0.407.